The van der Waals surface area contributed by atoms with E-state index in [-0.39, 0.29) is 12.0 Å². The van der Waals surface area contributed by atoms with Crippen LogP contribution in [-0.4, -0.2) is 6.10 Å². The van der Waals surface area contributed by atoms with E-state index in [0.29, 0.717) is 0 Å². The fraction of sp³-hybridized carbons (Fsp3) is 0.0370. The predicted molar refractivity (Wildman–Crippen MR) is 235 cm³/mol. The molecule has 10 aromatic carbocycles. The van der Waals surface area contributed by atoms with Crippen molar-refractivity contribution >= 4 is 92.1 Å². The normalized spacial score (nSPS) is 16.4. The molecule has 13 rings (SSSR count). The summed E-state index contributed by atoms with van der Waals surface area (Å²) in [5, 5.41) is 17.6. The summed E-state index contributed by atoms with van der Waals surface area (Å²) in [5.41, 5.74) is 7.66. The third kappa shape index (κ3) is 4.16. The van der Waals surface area contributed by atoms with E-state index in [1.54, 1.807) is 0 Å². The van der Waals surface area contributed by atoms with Crippen LogP contribution in [0.1, 0.15) is 17.0 Å². The minimum absolute atomic E-state index is 0.0724. The Morgan fingerprint density at radius 2 is 0.821 bits per heavy atom. The number of allylic oxidation sites excluding steroid dienone is 2. The molecule has 0 saturated carbocycles. The van der Waals surface area contributed by atoms with Crippen LogP contribution in [0.25, 0.3) is 103 Å². The van der Waals surface area contributed by atoms with Crippen molar-refractivity contribution in [2.75, 3.05) is 0 Å². The van der Waals surface area contributed by atoms with Crippen molar-refractivity contribution in [1.29, 1.82) is 0 Å². The Bertz CT molecular complexity index is 3510. The zero-order chi connectivity index (χ0) is 36.5. The number of furan rings is 1. The summed E-state index contributed by atoms with van der Waals surface area (Å²) >= 11 is 0. The molecule has 0 radical (unpaired) electrons. The summed E-state index contributed by atoms with van der Waals surface area (Å²) in [6, 6.07) is 60.0. The lowest BCUT2D eigenvalue weighted by Crippen LogP contribution is -2.16. The molecule has 2 atom stereocenters. The Morgan fingerprint density at radius 1 is 0.375 bits per heavy atom. The van der Waals surface area contributed by atoms with Gasteiger partial charge in [0.25, 0.3) is 0 Å². The summed E-state index contributed by atoms with van der Waals surface area (Å²) in [6.07, 6.45) is 6.77. The third-order valence-corrected chi connectivity index (χ3v) is 12.6. The topological polar surface area (TPSA) is 22.4 Å². The number of benzene rings is 10. The van der Waals surface area contributed by atoms with Crippen molar-refractivity contribution in [3.05, 3.63) is 193 Å². The van der Waals surface area contributed by atoms with E-state index in [4.69, 9.17) is 9.15 Å². The van der Waals surface area contributed by atoms with Gasteiger partial charge in [0.2, 0.25) is 0 Å². The molecular formula is C54H32O2. The molecule has 0 bridgehead atoms. The van der Waals surface area contributed by atoms with Crippen molar-refractivity contribution < 1.29 is 9.15 Å². The zero-order valence-corrected chi connectivity index (χ0v) is 30.3. The van der Waals surface area contributed by atoms with Gasteiger partial charge in [0.1, 0.15) is 11.7 Å². The van der Waals surface area contributed by atoms with Crippen molar-refractivity contribution in [3.63, 3.8) is 0 Å². The van der Waals surface area contributed by atoms with Crippen LogP contribution >= 0.6 is 0 Å². The molecule has 2 unspecified atom stereocenters. The minimum atomic E-state index is -0.0724. The van der Waals surface area contributed by atoms with Gasteiger partial charge in [-0.1, -0.05) is 146 Å². The molecule has 0 fully saturated rings. The second-order valence-corrected chi connectivity index (χ2v) is 15.5. The largest absolute Gasteiger partial charge is 0.481 e. The molecule has 0 amide bonds. The minimum Gasteiger partial charge on any atom is -0.481 e. The standard InChI is InChI=1S/C54H32O2/c1-3-13-39-35(9-1)37-11-5-7-15-41(37)47-27-31(17-21-43(39)47)33-19-25-51-49(29-33)45-23-24-46-50-30-34(20-26-52(50)56-54(46)53(45)55-51)32-18-22-44-40-14-4-2-10-36(40)38-12-6-8-16-42(38)48(44)28-32/h1-30,49,51H. The van der Waals surface area contributed by atoms with Crippen LogP contribution in [0.5, 0.6) is 5.75 Å². The van der Waals surface area contributed by atoms with Gasteiger partial charge in [-0.15, -0.1) is 0 Å². The highest BCUT2D eigenvalue weighted by Gasteiger charge is 2.36. The molecule has 1 aliphatic heterocycles. The smallest absolute Gasteiger partial charge is 0.177 e. The lowest BCUT2D eigenvalue weighted by molar-refractivity contribution is 0.269. The number of ether oxygens (including phenoxy) is 1. The van der Waals surface area contributed by atoms with Crippen molar-refractivity contribution in [2.24, 2.45) is 0 Å². The first-order chi connectivity index (χ1) is 27.7. The fourth-order valence-electron chi connectivity index (χ4n) is 9.94. The summed E-state index contributed by atoms with van der Waals surface area (Å²) < 4.78 is 13.4. The predicted octanol–water partition coefficient (Wildman–Crippen LogP) is 14.7. The molecule has 2 nitrogen and oxygen atoms in total. The van der Waals surface area contributed by atoms with Crippen LogP contribution < -0.4 is 4.74 Å². The molecule has 1 aliphatic carbocycles. The van der Waals surface area contributed by atoms with Crippen LogP contribution in [0.15, 0.2) is 186 Å². The molecule has 1 aromatic heterocycles. The first-order valence-electron chi connectivity index (χ1n) is 19.5. The van der Waals surface area contributed by atoms with Crippen LogP contribution in [0.2, 0.25) is 0 Å². The van der Waals surface area contributed by atoms with Gasteiger partial charge in [-0.2, -0.15) is 0 Å². The van der Waals surface area contributed by atoms with E-state index >= 15 is 0 Å². The van der Waals surface area contributed by atoms with Gasteiger partial charge >= 0.3 is 0 Å². The maximum atomic E-state index is 6.73. The summed E-state index contributed by atoms with van der Waals surface area (Å²) in [7, 11) is 0. The van der Waals surface area contributed by atoms with E-state index in [1.165, 1.54) is 92.5 Å². The quantitative estimate of drug-likeness (QED) is 0.167. The molecule has 0 saturated heterocycles. The second-order valence-electron chi connectivity index (χ2n) is 15.5. The maximum Gasteiger partial charge on any atom is 0.177 e. The Hall–Kier alpha value is -7.16. The van der Waals surface area contributed by atoms with Crippen LogP contribution in [0.3, 0.4) is 0 Å². The number of hydrogen-bond donors (Lipinski definition) is 0. The average molecular weight is 713 g/mol. The van der Waals surface area contributed by atoms with Gasteiger partial charge in [0.05, 0.1) is 0 Å². The van der Waals surface area contributed by atoms with Crippen LogP contribution in [0, 0.1) is 0 Å². The van der Waals surface area contributed by atoms with Crippen LogP contribution in [0.4, 0.5) is 0 Å². The SMILES string of the molecule is C1=CC2Oc3c(ccc4c3oc3ccc(-c5ccc6c7ccccc7c7ccccc7c6c5)cc34)C2C=C1c1ccc2c3ccccc3c3ccccc3c2c1. The first kappa shape index (κ1) is 30.2. The summed E-state index contributed by atoms with van der Waals surface area (Å²) in [5.74, 6) is 0.961. The fourth-order valence-corrected chi connectivity index (χ4v) is 9.94. The first-order valence-corrected chi connectivity index (χ1v) is 19.5. The number of rotatable bonds is 2. The van der Waals surface area contributed by atoms with E-state index in [0.717, 1.165) is 27.7 Å². The molecule has 2 heteroatoms. The third-order valence-electron chi connectivity index (χ3n) is 12.6. The number of hydrogen-bond acceptors (Lipinski definition) is 2. The van der Waals surface area contributed by atoms with Gasteiger partial charge in [-0.3, -0.25) is 0 Å². The van der Waals surface area contributed by atoms with Gasteiger partial charge in [0, 0.05) is 22.3 Å². The van der Waals surface area contributed by atoms with Crippen molar-refractivity contribution in [2.45, 2.75) is 12.0 Å². The molecule has 11 aromatic rings. The molecule has 260 valence electrons. The number of fused-ring (bicyclic) bond motifs is 19. The van der Waals surface area contributed by atoms with Crippen LogP contribution in [-0.2, 0) is 0 Å². The highest BCUT2D eigenvalue weighted by molar-refractivity contribution is 6.27. The van der Waals surface area contributed by atoms with Gasteiger partial charge in [-0.05, 0) is 123 Å². The summed E-state index contributed by atoms with van der Waals surface area (Å²) in [6.45, 7) is 0. The second kappa shape index (κ2) is 11.2. The lowest BCUT2D eigenvalue weighted by atomic mass is 9.85. The lowest BCUT2D eigenvalue weighted by Gasteiger charge is -2.19. The highest BCUT2D eigenvalue weighted by atomic mass is 16.5. The molecule has 2 aliphatic rings. The average Bonchev–Trinajstić information content (AvgIpc) is 3.84. The van der Waals surface area contributed by atoms with Gasteiger partial charge in [-0.25, -0.2) is 0 Å². The molecule has 0 N–H and O–H groups in total. The van der Waals surface area contributed by atoms with E-state index < -0.39 is 0 Å². The Kier molecular flexibility index (Phi) is 6.04. The highest BCUT2D eigenvalue weighted by Crippen LogP contribution is 2.49. The van der Waals surface area contributed by atoms with E-state index in [9.17, 15) is 0 Å². The monoisotopic (exact) mass is 712 g/mol. The van der Waals surface area contributed by atoms with E-state index in [2.05, 4.69) is 182 Å². The Balaban J connectivity index is 0.904. The molecule has 2 heterocycles. The van der Waals surface area contributed by atoms with Gasteiger partial charge in [0.15, 0.2) is 11.3 Å². The zero-order valence-electron chi connectivity index (χ0n) is 30.3. The molecule has 56 heavy (non-hydrogen) atoms. The van der Waals surface area contributed by atoms with Crippen molar-refractivity contribution in [1.82, 2.24) is 0 Å². The summed E-state index contributed by atoms with van der Waals surface area (Å²) in [4.78, 5) is 0. The Morgan fingerprint density at radius 3 is 1.39 bits per heavy atom. The maximum absolute atomic E-state index is 6.73. The Labute approximate surface area is 322 Å². The molecular weight excluding hydrogens is 681 g/mol. The molecule has 0 spiro atoms. The van der Waals surface area contributed by atoms with E-state index in [1.807, 2.05) is 0 Å². The van der Waals surface area contributed by atoms with Gasteiger partial charge < -0.3 is 9.15 Å². The van der Waals surface area contributed by atoms with Crippen molar-refractivity contribution in [3.8, 4) is 16.9 Å².